The predicted molar refractivity (Wildman–Crippen MR) is 81.6 cm³/mol. The maximum absolute atomic E-state index is 12.3. The number of carbonyl (C=O) groups is 1. The van der Waals surface area contributed by atoms with Crippen molar-refractivity contribution < 1.29 is 4.79 Å². The third-order valence-corrected chi connectivity index (χ3v) is 3.29. The fraction of sp³-hybridized carbons (Fsp3) is 0.235. The van der Waals surface area contributed by atoms with Crippen LogP contribution in [-0.2, 0) is 11.2 Å². The SMILES string of the molecule is Cc1ccc(C)c(NC(=O)[C@@H](C#N)Cc2cccnc2)c1. The first-order chi connectivity index (χ1) is 10.1. The molecule has 1 N–H and O–H groups in total. The zero-order chi connectivity index (χ0) is 15.2. The summed E-state index contributed by atoms with van der Waals surface area (Å²) >= 11 is 0. The zero-order valence-electron chi connectivity index (χ0n) is 12.1. The van der Waals surface area contributed by atoms with Crippen LogP contribution in [0.3, 0.4) is 0 Å². The number of anilines is 1. The molecule has 0 bridgehead atoms. The minimum absolute atomic E-state index is 0.282. The fourth-order valence-corrected chi connectivity index (χ4v) is 2.04. The van der Waals surface area contributed by atoms with Crippen LogP contribution in [0.2, 0.25) is 0 Å². The number of rotatable bonds is 4. The van der Waals surface area contributed by atoms with Gasteiger partial charge in [-0.1, -0.05) is 18.2 Å². The Balaban J connectivity index is 2.10. The maximum atomic E-state index is 12.3. The molecule has 0 spiro atoms. The minimum atomic E-state index is -0.728. The number of aromatic nitrogens is 1. The Hall–Kier alpha value is -2.67. The van der Waals surface area contributed by atoms with Crippen LogP contribution >= 0.6 is 0 Å². The Labute approximate surface area is 124 Å². The summed E-state index contributed by atoms with van der Waals surface area (Å²) < 4.78 is 0. The van der Waals surface area contributed by atoms with Crippen LogP contribution < -0.4 is 5.32 Å². The summed E-state index contributed by atoms with van der Waals surface area (Å²) in [7, 11) is 0. The Morgan fingerprint density at radius 3 is 2.86 bits per heavy atom. The molecule has 0 aliphatic rings. The van der Waals surface area contributed by atoms with Gasteiger partial charge in [0.05, 0.1) is 6.07 Å². The van der Waals surface area contributed by atoms with Crippen LogP contribution in [0, 0.1) is 31.1 Å². The highest BCUT2D eigenvalue weighted by Gasteiger charge is 2.19. The number of hydrogen-bond acceptors (Lipinski definition) is 3. The lowest BCUT2D eigenvalue weighted by Gasteiger charge is -2.12. The van der Waals surface area contributed by atoms with E-state index in [1.165, 1.54) is 0 Å². The van der Waals surface area contributed by atoms with Gasteiger partial charge >= 0.3 is 0 Å². The van der Waals surface area contributed by atoms with Gasteiger partial charge in [-0.15, -0.1) is 0 Å². The van der Waals surface area contributed by atoms with Gasteiger partial charge in [-0.05, 0) is 49.1 Å². The van der Waals surface area contributed by atoms with Gasteiger partial charge in [-0.25, -0.2) is 0 Å². The number of hydrogen-bond donors (Lipinski definition) is 1. The number of nitrogens with one attached hydrogen (secondary N) is 1. The molecule has 0 saturated carbocycles. The molecule has 106 valence electrons. The van der Waals surface area contributed by atoms with Gasteiger partial charge in [0.15, 0.2) is 0 Å². The van der Waals surface area contributed by atoms with E-state index in [0.717, 1.165) is 22.4 Å². The van der Waals surface area contributed by atoms with E-state index in [2.05, 4.69) is 16.4 Å². The molecule has 4 nitrogen and oxygen atoms in total. The smallest absolute Gasteiger partial charge is 0.242 e. The van der Waals surface area contributed by atoms with E-state index in [4.69, 9.17) is 0 Å². The second-order valence-electron chi connectivity index (χ2n) is 5.05. The molecule has 0 saturated heterocycles. The van der Waals surface area contributed by atoms with E-state index in [1.54, 1.807) is 18.5 Å². The average molecular weight is 279 g/mol. The van der Waals surface area contributed by atoms with Crippen LogP contribution in [0.5, 0.6) is 0 Å². The highest BCUT2D eigenvalue weighted by Crippen LogP contribution is 2.18. The van der Waals surface area contributed by atoms with E-state index in [9.17, 15) is 10.1 Å². The summed E-state index contributed by atoms with van der Waals surface area (Å²) in [4.78, 5) is 16.3. The largest absolute Gasteiger partial charge is 0.325 e. The Bertz CT molecular complexity index is 674. The number of nitriles is 1. The molecule has 1 aromatic carbocycles. The summed E-state index contributed by atoms with van der Waals surface area (Å²) in [5.41, 5.74) is 3.68. The van der Waals surface area contributed by atoms with E-state index in [1.807, 2.05) is 38.1 Å². The van der Waals surface area contributed by atoms with E-state index in [-0.39, 0.29) is 5.91 Å². The highest BCUT2D eigenvalue weighted by atomic mass is 16.1. The maximum Gasteiger partial charge on any atom is 0.242 e. The fourth-order valence-electron chi connectivity index (χ4n) is 2.04. The number of nitrogens with zero attached hydrogens (tertiary/aromatic N) is 2. The van der Waals surface area contributed by atoms with Crippen molar-refractivity contribution >= 4 is 11.6 Å². The molecule has 0 fully saturated rings. The normalized spacial score (nSPS) is 11.5. The molecule has 0 radical (unpaired) electrons. The predicted octanol–water partition coefficient (Wildman–Crippen LogP) is 3.02. The summed E-state index contributed by atoms with van der Waals surface area (Å²) in [5, 5.41) is 12.1. The lowest BCUT2D eigenvalue weighted by atomic mass is 10.0. The Kier molecular flexibility index (Phi) is 4.68. The van der Waals surface area contributed by atoms with Crippen molar-refractivity contribution in [3.8, 4) is 6.07 Å². The van der Waals surface area contributed by atoms with Crippen molar-refractivity contribution in [3.05, 3.63) is 59.4 Å². The van der Waals surface area contributed by atoms with Crippen LogP contribution in [0.1, 0.15) is 16.7 Å². The molecule has 21 heavy (non-hydrogen) atoms. The molecule has 1 atom stereocenters. The van der Waals surface area contributed by atoms with Crippen LogP contribution in [-0.4, -0.2) is 10.9 Å². The third kappa shape index (κ3) is 3.90. The summed E-state index contributed by atoms with van der Waals surface area (Å²) in [5.74, 6) is -1.01. The summed E-state index contributed by atoms with van der Waals surface area (Å²) in [6.07, 6.45) is 3.71. The van der Waals surface area contributed by atoms with Crippen molar-refractivity contribution in [2.45, 2.75) is 20.3 Å². The first kappa shape index (κ1) is 14.7. The lowest BCUT2D eigenvalue weighted by Crippen LogP contribution is -2.24. The molecule has 1 amide bonds. The monoisotopic (exact) mass is 279 g/mol. The average Bonchev–Trinajstić information content (AvgIpc) is 2.49. The minimum Gasteiger partial charge on any atom is -0.325 e. The number of benzene rings is 1. The molecule has 1 aromatic heterocycles. The van der Waals surface area contributed by atoms with Crippen LogP contribution in [0.15, 0.2) is 42.7 Å². The molecule has 0 aliphatic carbocycles. The quantitative estimate of drug-likeness (QED) is 0.935. The van der Waals surface area contributed by atoms with Crippen molar-refractivity contribution in [3.63, 3.8) is 0 Å². The van der Waals surface area contributed by atoms with Gasteiger partial charge in [0.25, 0.3) is 0 Å². The van der Waals surface area contributed by atoms with Crippen LogP contribution in [0.25, 0.3) is 0 Å². The van der Waals surface area contributed by atoms with Gasteiger partial charge in [0.2, 0.25) is 5.91 Å². The van der Waals surface area contributed by atoms with Gasteiger partial charge in [-0.3, -0.25) is 9.78 Å². The number of carbonyl (C=O) groups excluding carboxylic acids is 1. The molecule has 2 rings (SSSR count). The van der Waals surface area contributed by atoms with Crippen molar-refractivity contribution in [1.29, 1.82) is 5.26 Å². The summed E-state index contributed by atoms with van der Waals surface area (Å²) in [6.45, 7) is 3.89. The second-order valence-corrected chi connectivity index (χ2v) is 5.05. The third-order valence-electron chi connectivity index (χ3n) is 3.29. The number of pyridine rings is 1. The highest BCUT2D eigenvalue weighted by molar-refractivity contribution is 5.95. The van der Waals surface area contributed by atoms with Crippen molar-refractivity contribution in [2.75, 3.05) is 5.32 Å². The van der Waals surface area contributed by atoms with Gasteiger partial charge < -0.3 is 5.32 Å². The van der Waals surface area contributed by atoms with E-state index < -0.39 is 5.92 Å². The molecular formula is C17H17N3O. The topological polar surface area (TPSA) is 65.8 Å². The first-order valence-electron chi connectivity index (χ1n) is 6.77. The molecule has 0 aliphatic heterocycles. The standard InChI is InChI=1S/C17H17N3O/c1-12-5-6-13(2)16(8-12)20-17(21)15(10-18)9-14-4-3-7-19-11-14/h3-8,11,15H,9H2,1-2H3,(H,20,21)/t15-/m1/s1. The molecular weight excluding hydrogens is 262 g/mol. The molecule has 2 aromatic rings. The zero-order valence-corrected chi connectivity index (χ0v) is 12.1. The summed E-state index contributed by atoms with van der Waals surface area (Å²) in [6, 6.07) is 11.6. The molecule has 4 heteroatoms. The molecule has 1 heterocycles. The second kappa shape index (κ2) is 6.67. The molecule has 0 unspecified atom stereocenters. The van der Waals surface area contributed by atoms with Gasteiger partial charge in [0, 0.05) is 18.1 Å². The number of aryl methyl sites for hydroxylation is 2. The van der Waals surface area contributed by atoms with Crippen molar-refractivity contribution in [2.24, 2.45) is 5.92 Å². The van der Waals surface area contributed by atoms with Crippen LogP contribution in [0.4, 0.5) is 5.69 Å². The first-order valence-corrected chi connectivity index (χ1v) is 6.77. The Morgan fingerprint density at radius 1 is 1.38 bits per heavy atom. The van der Waals surface area contributed by atoms with Crippen molar-refractivity contribution in [1.82, 2.24) is 4.98 Å². The van der Waals surface area contributed by atoms with E-state index in [0.29, 0.717) is 6.42 Å². The van der Waals surface area contributed by atoms with Gasteiger partial charge in [0.1, 0.15) is 5.92 Å². The van der Waals surface area contributed by atoms with E-state index >= 15 is 0 Å². The number of amides is 1. The van der Waals surface area contributed by atoms with Gasteiger partial charge in [-0.2, -0.15) is 5.26 Å². The Morgan fingerprint density at radius 2 is 2.19 bits per heavy atom. The lowest BCUT2D eigenvalue weighted by molar-refractivity contribution is -0.118.